The maximum Gasteiger partial charge on any atom is 0.325 e. The maximum absolute atomic E-state index is 12.7. The average molecular weight is 459 g/mol. The van der Waals surface area contributed by atoms with Crippen molar-refractivity contribution in [3.63, 3.8) is 0 Å². The molecule has 0 radical (unpaired) electrons. The van der Waals surface area contributed by atoms with Gasteiger partial charge < -0.3 is 19.5 Å². The number of ether oxygens (including phenoxy) is 3. The van der Waals surface area contributed by atoms with Gasteiger partial charge in [0.15, 0.2) is 0 Å². The molecule has 1 heterocycles. The third kappa shape index (κ3) is 4.05. The molecule has 0 spiro atoms. The van der Waals surface area contributed by atoms with Gasteiger partial charge in [-0.2, -0.15) is 8.42 Å². The summed E-state index contributed by atoms with van der Waals surface area (Å²) in [5.74, 6) is -1.88. The maximum atomic E-state index is 12.7. The number of hydrogen-bond acceptors (Lipinski definition) is 10. The molecular formula is C19H25NO10S. The third-order valence-electron chi connectivity index (χ3n) is 6.30. The molecule has 0 aromatic heterocycles. The Hall–Kier alpha value is -2.47. The van der Waals surface area contributed by atoms with E-state index >= 15 is 0 Å². The average Bonchev–Trinajstić information content (AvgIpc) is 3.19. The number of rotatable bonds is 10. The molecule has 11 nitrogen and oxygen atoms in total. The number of carbonyl (C=O) groups is 4. The zero-order chi connectivity index (χ0) is 23.0. The van der Waals surface area contributed by atoms with Crippen LogP contribution in [0.1, 0.15) is 33.1 Å². The Labute approximate surface area is 179 Å². The second-order valence-electron chi connectivity index (χ2n) is 8.35. The van der Waals surface area contributed by atoms with E-state index in [1.807, 2.05) is 0 Å². The van der Waals surface area contributed by atoms with Crippen LogP contribution in [0, 0.1) is 10.8 Å². The fourth-order valence-electron chi connectivity index (χ4n) is 5.08. The van der Waals surface area contributed by atoms with E-state index in [1.54, 1.807) is 0 Å². The van der Waals surface area contributed by atoms with Gasteiger partial charge in [-0.05, 0) is 26.2 Å². The van der Waals surface area contributed by atoms with Crippen molar-refractivity contribution in [1.29, 1.82) is 0 Å². The molecule has 5 atom stereocenters. The molecule has 0 aromatic carbocycles. The molecule has 1 saturated heterocycles. The van der Waals surface area contributed by atoms with Gasteiger partial charge in [0.2, 0.25) is 5.91 Å². The Morgan fingerprint density at radius 2 is 2.00 bits per heavy atom. The largest absolute Gasteiger partial charge is 0.468 e. The van der Waals surface area contributed by atoms with Crippen molar-refractivity contribution in [2.45, 2.75) is 50.6 Å². The van der Waals surface area contributed by atoms with E-state index in [0.29, 0.717) is 0 Å². The molecule has 3 fully saturated rings. The van der Waals surface area contributed by atoms with E-state index in [9.17, 15) is 27.6 Å². The highest BCUT2D eigenvalue weighted by molar-refractivity contribution is 7.87. The Balaban J connectivity index is 1.87. The van der Waals surface area contributed by atoms with Crippen LogP contribution >= 0.6 is 0 Å². The lowest BCUT2D eigenvalue weighted by Gasteiger charge is -2.37. The van der Waals surface area contributed by atoms with E-state index in [2.05, 4.69) is 11.9 Å². The number of amides is 1. The summed E-state index contributed by atoms with van der Waals surface area (Å²) in [6, 6.07) is 0. The molecule has 1 N–H and O–H groups in total. The Bertz CT molecular complexity index is 915. The first-order chi connectivity index (χ1) is 14.5. The zero-order valence-electron chi connectivity index (χ0n) is 17.2. The normalized spacial score (nSPS) is 34.1. The summed E-state index contributed by atoms with van der Waals surface area (Å²) >= 11 is 0. The predicted molar refractivity (Wildman–Crippen MR) is 103 cm³/mol. The van der Waals surface area contributed by atoms with Gasteiger partial charge in [0, 0.05) is 23.3 Å². The molecule has 0 aromatic rings. The Morgan fingerprint density at radius 1 is 1.29 bits per heavy atom. The van der Waals surface area contributed by atoms with Crippen molar-refractivity contribution in [1.82, 2.24) is 5.32 Å². The van der Waals surface area contributed by atoms with Crippen LogP contribution in [0.3, 0.4) is 0 Å². The molecule has 2 bridgehead atoms. The zero-order valence-corrected chi connectivity index (χ0v) is 18.1. The summed E-state index contributed by atoms with van der Waals surface area (Å²) < 4.78 is 46.3. The highest BCUT2D eigenvalue weighted by Gasteiger charge is 2.79. The highest BCUT2D eigenvalue weighted by atomic mass is 32.2. The summed E-state index contributed by atoms with van der Waals surface area (Å²) in [5.41, 5.74) is -1.71. The van der Waals surface area contributed by atoms with E-state index in [0.717, 1.165) is 0 Å². The fraction of sp³-hybridized carbons (Fsp3) is 0.684. The smallest absolute Gasteiger partial charge is 0.325 e. The van der Waals surface area contributed by atoms with E-state index in [1.165, 1.54) is 13.8 Å². The van der Waals surface area contributed by atoms with Gasteiger partial charge in [-0.3, -0.25) is 23.4 Å². The van der Waals surface area contributed by atoms with Crippen LogP contribution in [0.25, 0.3) is 0 Å². The molecule has 172 valence electrons. The van der Waals surface area contributed by atoms with E-state index in [4.69, 9.17) is 18.4 Å². The first-order valence-corrected chi connectivity index (χ1v) is 11.2. The lowest BCUT2D eigenvalue weighted by molar-refractivity contribution is -0.168. The first kappa shape index (κ1) is 23.2. The number of hydrogen-bond donors (Lipinski definition) is 1. The van der Waals surface area contributed by atoms with Gasteiger partial charge in [-0.15, -0.1) is 0 Å². The van der Waals surface area contributed by atoms with Gasteiger partial charge in [0.25, 0.3) is 16.6 Å². The van der Waals surface area contributed by atoms with Crippen LogP contribution in [0.2, 0.25) is 0 Å². The van der Waals surface area contributed by atoms with Gasteiger partial charge in [-0.1, -0.05) is 6.58 Å². The van der Waals surface area contributed by atoms with Crippen LogP contribution < -0.4 is 5.32 Å². The van der Waals surface area contributed by atoms with Crippen LogP contribution in [0.15, 0.2) is 12.2 Å². The van der Waals surface area contributed by atoms with E-state index < -0.39 is 62.8 Å². The number of carbonyl (C=O) groups excluding carboxylic acids is 4. The second-order valence-corrected chi connectivity index (χ2v) is 10.1. The second kappa shape index (κ2) is 8.23. The number of fused-ring (bicyclic) bond motifs is 1. The van der Waals surface area contributed by atoms with E-state index in [-0.39, 0.29) is 44.5 Å². The standard InChI is InChI=1S/C19H25NO10S/c1-11(2)17(24)20-7-14(23)29-15-16-19(4-5-27-10-21)8-18(15,9-28-12(3)22)6-13(19)31(25,26)30-16/h10,13,15-16H,1,4-9H2,2-3H3,(H,20,24). The van der Waals surface area contributed by atoms with Crippen LogP contribution in [-0.4, -0.2) is 70.0 Å². The monoisotopic (exact) mass is 459 g/mol. The van der Waals surface area contributed by atoms with Crippen LogP contribution in [-0.2, 0) is 47.7 Å². The molecular weight excluding hydrogens is 434 g/mol. The summed E-state index contributed by atoms with van der Waals surface area (Å²) in [7, 11) is -3.97. The van der Waals surface area contributed by atoms with Gasteiger partial charge in [0.05, 0.1) is 11.9 Å². The minimum atomic E-state index is -3.97. The topological polar surface area (TPSA) is 151 Å². The minimum Gasteiger partial charge on any atom is -0.468 e. The molecule has 2 aliphatic carbocycles. The number of esters is 2. The molecule has 3 rings (SSSR count). The fourth-order valence-corrected chi connectivity index (χ4v) is 7.25. The molecule has 5 unspecified atom stereocenters. The highest BCUT2D eigenvalue weighted by Crippen LogP contribution is 2.70. The van der Waals surface area contributed by atoms with Gasteiger partial charge >= 0.3 is 11.9 Å². The predicted octanol–water partition coefficient (Wildman–Crippen LogP) is -0.406. The van der Waals surface area contributed by atoms with Crippen LogP contribution in [0.4, 0.5) is 0 Å². The van der Waals surface area contributed by atoms with Gasteiger partial charge in [-0.25, -0.2) is 0 Å². The molecule has 1 aliphatic heterocycles. The molecule has 12 heteroatoms. The lowest BCUT2D eigenvalue weighted by atomic mass is 9.76. The van der Waals surface area contributed by atoms with Crippen molar-refractivity contribution >= 4 is 34.4 Å². The quantitative estimate of drug-likeness (QED) is 0.114. The van der Waals surface area contributed by atoms with Gasteiger partial charge in [0.1, 0.15) is 25.4 Å². The summed E-state index contributed by atoms with van der Waals surface area (Å²) in [4.78, 5) is 46.1. The van der Waals surface area contributed by atoms with Crippen LogP contribution in [0.5, 0.6) is 0 Å². The minimum absolute atomic E-state index is 0.0334. The SMILES string of the molecule is C=C(C)C(=O)NCC(=O)OC1C2OS(=O)(=O)C3CC1(COC(C)=O)CC23CCOC=O. The molecule has 3 aliphatic rings. The lowest BCUT2D eigenvalue weighted by Crippen LogP contribution is -2.50. The molecule has 31 heavy (non-hydrogen) atoms. The van der Waals surface area contributed by atoms with Crippen molar-refractivity contribution in [2.24, 2.45) is 10.8 Å². The van der Waals surface area contributed by atoms with Crippen molar-refractivity contribution in [3.05, 3.63) is 12.2 Å². The third-order valence-corrected chi connectivity index (χ3v) is 8.11. The van der Waals surface area contributed by atoms with Crippen molar-refractivity contribution in [3.8, 4) is 0 Å². The summed E-state index contributed by atoms with van der Waals surface area (Å²) in [6.07, 6.45) is -1.53. The summed E-state index contributed by atoms with van der Waals surface area (Å²) in [5, 5.41) is 1.46. The molecule has 1 amide bonds. The van der Waals surface area contributed by atoms with Crippen molar-refractivity contribution < 1.29 is 46.0 Å². The first-order valence-electron chi connectivity index (χ1n) is 9.71. The number of nitrogens with one attached hydrogen (secondary N) is 1. The van der Waals surface area contributed by atoms with Crippen molar-refractivity contribution in [2.75, 3.05) is 19.8 Å². The Kier molecular flexibility index (Phi) is 6.16. The summed E-state index contributed by atoms with van der Waals surface area (Å²) in [6.45, 7) is 5.81. The molecule has 2 saturated carbocycles. The Morgan fingerprint density at radius 3 is 2.61 bits per heavy atom.